The Bertz CT molecular complexity index is 807. The van der Waals surface area contributed by atoms with Crippen molar-refractivity contribution in [2.45, 2.75) is 0 Å². The van der Waals surface area contributed by atoms with Crippen LogP contribution >= 0.6 is 0 Å². The van der Waals surface area contributed by atoms with Crippen molar-refractivity contribution in [3.63, 3.8) is 0 Å². The summed E-state index contributed by atoms with van der Waals surface area (Å²) in [6.45, 7) is 0. The van der Waals surface area contributed by atoms with E-state index in [1.807, 2.05) is 85.7 Å². The first-order valence-electron chi connectivity index (χ1n) is 7.88. The molecular weight excluding hydrogens is 296 g/mol. The summed E-state index contributed by atoms with van der Waals surface area (Å²) >= 11 is 0. The number of nitrogens with one attached hydrogen (secondary N) is 1. The summed E-state index contributed by atoms with van der Waals surface area (Å²) in [6, 6.07) is 25.5. The van der Waals surface area contributed by atoms with Crippen molar-refractivity contribution in [2.75, 3.05) is 24.3 Å². The first-order valence-corrected chi connectivity index (χ1v) is 7.88. The van der Waals surface area contributed by atoms with Crippen LogP contribution in [-0.4, -0.2) is 20.0 Å². The quantitative estimate of drug-likeness (QED) is 0.758. The highest BCUT2D eigenvalue weighted by Crippen LogP contribution is 2.20. The molecule has 0 aliphatic heterocycles. The van der Waals surface area contributed by atoms with Gasteiger partial charge in [0.2, 0.25) is 0 Å². The van der Waals surface area contributed by atoms with Crippen LogP contribution in [0.25, 0.3) is 11.1 Å². The molecule has 24 heavy (non-hydrogen) atoms. The van der Waals surface area contributed by atoms with Gasteiger partial charge in [-0.05, 0) is 47.5 Å². The molecule has 0 fully saturated rings. The number of anilines is 2. The number of nitrogens with zero attached hydrogens (tertiary/aromatic N) is 1. The summed E-state index contributed by atoms with van der Waals surface area (Å²) < 4.78 is 0. The van der Waals surface area contributed by atoms with Gasteiger partial charge >= 0.3 is 0 Å². The normalized spacial score (nSPS) is 10.2. The van der Waals surface area contributed by atoms with Crippen molar-refractivity contribution in [1.29, 1.82) is 0 Å². The average Bonchev–Trinajstić information content (AvgIpc) is 2.63. The Labute approximate surface area is 142 Å². The second-order valence-corrected chi connectivity index (χ2v) is 5.84. The zero-order valence-corrected chi connectivity index (χ0v) is 13.9. The molecule has 3 rings (SSSR count). The summed E-state index contributed by atoms with van der Waals surface area (Å²) in [5.74, 6) is -0.104. The first kappa shape index (κ1) is 15.8. The van der Waals surface area contributed by atoms with Crippen molar-refractivity contribution in [1.82, 2.24) is 0 Å². The van der Waals surface area contributed by atoms with E-state index >= 15 is 0 Å². The number of rotatable bonds is 4. The Balaban J connectivity index is 1.71. The van der Waals surface area contributed by atoms with E-state index in [0.717, 1.165) is 22.5 Å². The molecule has 0 bridgehead atoms. The highest BCUT2D eigenvalue weighted by Gasteiger charge is 2.07. The van der Waals surface area contributed by atoms with Crippen LogP contribution in [0.3, 0.4) is 0 Å². The van der Waals surface area contributed by atoms with Crippen LogP contribution in [0.4, 0.5) is 11.4 Å². The van der Waals surface area contributed by atoms with Gasteiger partial charge in [0, 0.05) is 31.0 Å². The zero-order chi connectivity index (χ0) is 16.9. The molecule has 0 aromatic heterocycles. The number of benzene rings is 3. The molecule has 0 aliphatic rings. The van der Waals surface area contributed by atoms with E-state index in [1.165, 1.54) is 0 Å². The van der Waals surface area contributed by atoms with Crippen LogP contribution in [0.2, 0.25) is 0 Å². The average molecular weight is 316 g/mol. The van der Waals surface area contributed by atoms with Crippen molar-refractivity contribution in [3.8, 4) is 11.1 Å². The van der Waals surface area contributed by atoms with E-state index in [-0.39, 0.29) is 5.91 Å². The molecule has 0 saturated carbocycles. The third-order valence-electron chi connectivity index (χ3n) is 3.90. The number of carbonyl (C=O) groups excluding carboxylic acids is 1. The van der Waals surface area contributed by atoms with Crippen molar-refractivity contribution in [3.05, 3.63) is 84.4 Å². The summed E-state index contributed by atoms with van der Waals surface area (Å²) in [5.41, 5.74) is 4.77. The molecule has 0 atom stereocenters. The van der Waals surface area contributed by atoms with E-state index < -0.39 is 0 Å². The molecule has 1 amide bonds. The molecule has 0 spiro atoms. The minimum Gasteiger partial charge on any atom is -0.378 e. The van der Waals surface area contributed by atoms with Gasteiger partial charge in [0.1, 0.15) is 0 Å². The Hall–Kier alpha value is -3.07. The maximum atomic E-state index is 12.4. The fraction of sp³-hybridized carbons (Fsp3) is 0.0952. The van der Waals surface area contributed by atoms with Crippen LogP contribution in [0, 0.1) is 0 Å². The summed E-state index contributed by atoms with van der Waals surface area (Å²) in [7, 11) is 3.98. The van der Waals surface area contributed by atoms with Crippen LogP contribution in [0.1, 0.15) is 10.4 Å². The number of hydrogen-bond donors (Lipinski definition) is 1. The Kier molecular flexibility index (Phi) is 4.62. The summed E-state index contributed by atoms with van der Waals surface area (Å²) in [4.78, 5) is 14.4. The largest absolute Gasteiger partial charge is 0.378 e. The Morgan fingerprint density at radius 2 is 1.33 bits per heavy atom. The van der Waals surface area contributed by atoms with Gasteiger partial charge in [-0.25, -0.2) is 0 Å². The van der Waals surface area contributed by atoms with Crippen LogP contribution in [-0.2, 0) is 0 Å². The number of hydrogen-bond acceptors (Lipinski definition) is 2. The molecular formula is C21H20N2O. The molecule has 0 saturated heterocycles. The van der Waals surface area contributed by atoms with Crippen molar-refractivity contribution in [2.24, 2.45) is 0 Å². The molecule has 0 radical (unpaired) electrons. The van der Waals surface area contributed by atoms with Gasteiger partial charge in [-0.3, -0.25) is 4.79 Å². The SMILES string of the molecule is CN(C)c1ccc(NC(=O)c2ccc(-c3ccccc3)cc2)cc1. The van der Waals surface area contributed by atoms with Gasteiger partial charge in [-0.1, -0.05) is 42.5 Å². The van der Waals surface area contributed by atoms with Gasteiger partial charge in [-0.2, -0.15) is 0 Å². The highest BCUT2D eigenvalue weighted by molar-refractivity contribution is 6.04. The van der Waals surface area contributed by atoms with Crippen LogP contribution in [0.15, 0.2) is 78.9 Å². The van der Waals surface area contributed by atoms with Crippen molar-refractivity contribution >= 4 is 17.3 Å². The predicted molar refractivity (Wildman–Crippen MR) is 101 cm³/mol. The monoisotopic (exact) mass is 316 g/mol. The second kappa shape index (κ2) is 7.01. The maximum Gasteiger partial charge on any atom is 0.255 e. The fourth-order valence-corrected chi connectivity index (χ4v) is 2.49. The third-order valence-corrected chi connectivity index (χ3v) is 3.90. The van der Waals surface area contributed by atoms with Gasteiger partial charge < -0.3 is 10.2 Å². The van der Waals surface area contributed by atoms with Crippen LogP contribution < -0.4 is 10.2 Å². The lowest BCUT2D eigenvalue weighted by molar-refractivity contribution is 0.102. The molecule has 0 heterocycles. The van der Waals surface area contributed by atoms with Gasteiger partial charge in [0.25, 0.3) is 5.91 Å². The minimum atomic E-state index is -0.104. The van der Waals surface area contributed by atoms with Gasteiger partial charge in [0.15, 0.2) is 0 Å². The van der Waals surface area contributed by atoms with E-state index in [0.29, 0.717) is 5.56 Å². The van der Waals surface area contributed by atoms with Gasteiger partial charge in [0.05, 0.1) is 0 Å². The summed E-state index contributed by atoms with van der Waals surface area (Å²) in [6.07, 6.45) is 0. The Morgan fingerprint density at radius 1 is 0.750 bits per heavy atom. The van der Waals surface area contributed by atoms with E-state index in [2.05, 4.69) is 17.4 Å². The molecule has 3 heteroatoms. The standard InChI is InChI=1S/C21H20N2O/c1-23(2)20-14-12-19(13-15-20)22-21(24)18-10-8-17(9-11-18)16-6-4-3-5-7-16/h3-15H,1-2H3,(H,22,24). The zero-order valence-electron chi connectivity index (χ0n) is 13.9. The molecule has 1 N–H and O–H groups in total. The number of amides is 1. The molecule has 3 aromatic carbocycles. The molecule has 3 aromatic rings. The van der Waals surface area contributed by atoms with E-state index in [9.17, 15) is 4.79 Å². The molecule has 3 nitrogen and oxygen atoms in total. The fourth-order valence-electron chi connectivity index (χ4n) is 2.49. The topological polar surface area (TPSA) is 32.3 Å². The maximum absolute atomic E-state index is 12.4. The second-order valence-electron chi connectivity index (χ2n) is 5.84. The van der Waals surface area contributed by atoms with E-state index in [1.54, 1.807) is 0 Å². The highest BCUT2D eigenvalue weighted by atomic mass is 16.1. The predicted octanol–water partition coefficient (Wildman–Crippen LogP) is 4.67. The molecule has 120 valence electrons. The van der Waals surface area contributed by atoms with Gasteiger partial charge in [-0.15, -0.1) is 0 Å². The molecule has 0 aliphatic carbocycles. The lowest BCUT2D eigenvalue weighted by Gasteiger charge is -2.13. The van der Waals surface area contributed by atoms with Crippen LogP contribution in [0.5, 0.6) is 0 Å². The molecule has 0 unspecified atom stereocenters. The lowest BCUT2D eigenvalue weighted by Crippen LogP contribution is -2.12. The minimum absolute atomic E-state index is 0.104. The lowest BCUT2D eigenvalue weighted by atomic mass is 10.0. The number of carbonyl (C=O) groups is 1. The van der Waals surface area contributed by atoms with E-state index in [4.69, 9.17) is 0 Å². The Morgan fingerprint density at radius 3 is 1.92 bits per heavy atom. The smallest absolute Gasteiger partial charge is 0.255 e. The first-order chi connectivity index (χ1) is 11.6. The van der Waals surface area contributed by atoms with Crippen molar-refractivity contribution < 1.29 is 4.79 Å². The third kappa shape index (κ3) is 3.63. The summed E-state index contributed by atoms with van der Waals surface area (Å²) in [5, 5.41) is 2.93.